The predicted molar refractivity (Wildman–Crippen MR) is 208 cm³/mol. The Morgan fingerprint density at radius 2 is 1.82 bits per heavy atom. The zero-order chi connectivity index (χ0) is 41.5. The average molecular weight is 812 g/mol. The van der Waals surface area contributed by atoms with E-state index < -0.39 is 85.6 Å². The van der Waals surface area contributed by atoms with Crippen molar-refractivity contribution in [1.29, 1.82) is 0 Å². The molecule has 0 radical (unpaired) electrons. The number of carboxylic acid groups (broad SMARTS) is 1. The van der Waals surface area contributed by atoms with Crippen molar-refractivity contribution >= 4 is 50.8 Å². The van der Waals surface area contributed by atoms with E-state index in [2.05, 4.69) is 30.6 Å². The van der Waals surface area contributed by atoms with Crippen LogP contribution in [-0.2, 0) is 29.2 Å². The Bertz CT molecular complexity index is 2080. The summed E-state index contributed by atoms with van der Waals surface area (Å²) in [7, 11) is -2.50. The molecule has 3 fully saturated rings. The van der Waals surface area contributed by atoms with Crippen LogP contribution < -0.4 is 30.1 Å². The second-order valence-electron chi connectivity index (χ2n) is 17.0. The van der Waals surface area contributed by atoms with Crippen molar-refractivity contribution in [2.75, 3.05) is 13.7 Å². The molecule has 6 atom stereocenters. The molecule has 17 nitrogen and oxygen atoms in total. The number of carbonyl (C=O) groups is 5. The number of nitrogens with one attached hydrogen (secondary N) is 4. The van der Waals surface area contributed by atoms with Crippen molar-refractivity contribution in [1.82, 2.24) is 35.5 Å². The molecule has 0 spiro atoms. The minimum atomic E-state index is -4.03. The summed E-state index contributed by atoms with van der Waals surface area (Å²) in [5.74, 6) is -2.57. The van der Waals surface area contributed by atoms with Crippen LogP contribution in [0.4, 0.5) is 4.79 Å². The van der Waals surface area contributed by atoms with Crippen LogP contribution in [0, 0.1) is 18.3 Å². The normalized spacial score (nSPS) is 27.3. The first-order valence-electron chi connectivity index (χ1n) is 19.4. The summed E-state index contributed by atoms with van der Waals surface area (Å²) in [5, 5.41) is 17.4. The van der Waals surface area contributed by atoms with Crippen LogP contribution in [0.2, 0.25) is 0 Å². The topological polar surface area (TPSA) is 235 Å². The monoisotopic (exact) mass is 811 g/mol. The number of carbonyl (C=O) groups excluding carboxylic acids is 4. The molecule has 2 aliphatic heterocycles. The Morgan fingerprint density at radius 3 is 2.49 bits per heavy atom. The maximum absolute atomic E-state index is 14.7. The van der Waals surface area contributed by atoms with E-state index >= 15 is 0 Å². The number of nitrogens with zero attached hydrogens (tertiary/aromatic N) is 3. The minimum Gasteiger partial charge on any atom is -0.497 e. The number of allylic oxidation sites excluding steroid dienone is 1. The molecule has 4 aliphatic rings. The number of benzene rings is 1. The number of hydrogen-bond acceptors (Lipinski definition) is 11. The number of aryl methyl sites for hydroxylation is 1. The van der Waals surface area contributed by atoms with Gasteiger partial charge in [-0.1, -0.05) is 45.8 Å². The molecule has 310 valence electrons. The number of fused-ring (bicyclic) bond motifs is 3. The van der Waals surface area contributed by atoms with Gasteiger partial charge in [0, 0.05) is 18.4 Å². The molecule has 3 heterocycles. The summed E-state index contributed by atoms with van der Waals surface area (Å²) in [5.41, 5.74) is -0.859. The second kappa shape index (κ2) is 15.7. The highest BCUT2D eigenvalue weighted by molar-refractivity contribution is 7.91. The van der Waals surface area contributed by atoms with Crippen molar-refractivity contribution in [2.45, 2.75) is 127 Å². The van der Waals surface area contributed by atoms with Gasteiger partial charge in [0.05, 0.1) is 29.4 Å². The van der Waals surface area contributed by atoms with Gasteiger partial charge in [-0.05, 0) is 69.9 Å². The highest BCUT2D eigenvalue weighted by atomic mass is 32.2. The SMILES string of the molecule is COc1ccc2nc(C)c(O[C@@H]3C[C@H]4C(=O)N[C@]5(C(=O)NS(=O)(=O)C6(C)CC6)C[C@H]5/C=C\CCCCC[C@H](NC(=O)[C@@H](NC(=O)O)C(C)(C)C)C(=O)N4C3)nc2c1. The quantitative estimate of drug-likeness (QED) is 0.230. The van der Waals surface area contributed by atoms with E-state index in [4.69, 9.17) is 9.47 Å². The number of hydrogen-bond donors (Lipinski definition) is 5. The Kier molecular flexibility index (Phi) is 11.5. The summed E-state index contributed by atoms with van der Waals surface area (Å²) in [6.07, 6.45) is 5.28. The summed E-state index contributed by atoms with van der Waals surface area (Å²) in [4.78, 5) is 79.0. The lowest BCUT2D eigenvalue weighted by molar-refractivity contribution is -0.143. The highest BCUT2D eigenvalue weighted by Crippen LogP contribution is 2.47. The van der Waals surface area contributed by atoms with Crippen LogP contribution in [0.15, 0.2) is 30.4 Å². The number of rotatable bonds is 9. The minimum absolute atomic E-state index is 0.0325. The van der Waals surface area contributed by atoms with E-state index in [1.807, 2.05) is 12.2 Å². The zero-order valence-electron chi connectivity index (χ0n) is 33.2. The molecule has 18 heteroatoms. The van der Waals surface area contributed by atoms with E-state index in [1.165, 1.54) is 12.0 Å². The molecule has 2 saturated carbocycles. The molecule has 0 unspecified atom stereocenters. The first kappa shape index (κ1) is 41.6. The van der Waals surface area contributed by atoms with Crippen molar-refractivity contribution in [3.05, 3.63) is 36.0 Å². The van der Waals surface area contributed by atoms with Crippen molar-refractivity contribution < 1.29 is 47.0 Å². The standard InChI is InChI=1S/C39H53N7O10S/c1-22-33(42-28-18-24(55-6)14-15-26(28)40-22)56-25-19-29-31(47)44-39(35(50)45-57(53,54)38(5)16-17-38)20-23(39)12-10-8-7-9-11-13-27(34(49)46(29)21-25)41-32(48)30(37(2,3)4)43-36(51)52/h10,12,14-15,18,23,25,27,29-30,43H,7-9,11,13,16-17,19-21H2,1-6H3,(H,41,48)(H,44,47)(H,45,50)(H,51,52)/b12-10-/t23-,25-,27+,29+,30-,39-/m1/s1. The maximum Gasteiger partial charge on any atom is 0.405 e. The van der Waals surface area contributed by atoms with E-state index in [9.17, 15) is 37.5 Å². The molecule has 0 bridgehead atoms. The van der Waals surface area contributed by atoms with Gasteiger partial charge in [-0.2, -0.15) is 0 Å². The first-order valence-corrected chi connectivity index (χ1v) is 20.9. The number of methoxy groups -OCH3 is 1. The lowest BCUT2D eigenvalue weighted by Crippen LogP contribution is -2.60. The fourth-order valence-electron chi connectivity index (χ4n) is 7.50. The lowest BCUT2D eigenvalue weighted by atomic mass is 9.86. The molecule has 5 amide bonds. The third-order valence-electron chi connectivity index (χ3n) is 11.5. The molecule has 6 rings (SSSR count). The zero-order valence-corrected chi connectivity index (χ0v) is 34.0. The molecule has 1 aromatic carbocycles. The summed E-state index contributed by atoms with van der Waals surface area (Å²) >= 11 is 0. The van der Waals surface area contributed by atoms with E-state index in [0.29, 0.717) is 54.6 Å². The molecule has 2 aliphatic carbocycles. The number of ether oxygens (including phenoxy) is 2. The van der Waals surface area contributed by atoms with E-state index in [1.54, 1.807) is 52.8 Å². The van der Waals surface area contributed by atoms with Crippen LogP contribution in [0.1, 0.15) is 91.2 Å². The van der Waals surface area contributed by atoms with Gasteiger partial charge < -0.3 is 35.4 Å². The van der Waals surface area contributed by atoms with Crippen molar-refractivity contribution in [3.63, 3.8) is 0 Å². The van der Waals surface area contributed by atoms with E-state index in [-0.39, 0.29) is 31.7 Å². The summed E-state index contributed by atoms with van der Waals surface area (Å²) in [6.45, 7) is 8.27. The van der Waals surface area contributed by atoms with Gasteiger partial charge in [0.2, 0.25) is 33.6 Å². The van der Waals surface area contributed by atoms with Gasteiger partial charge in [-0.3, -0.25) is 23.9 Å². The van der Waals surface area contributed by atoms with Crippen LogP contribution in [0.25, 0.3) is 11.0 Å². The van der Waals surface area contributed by atoms with Crippen molar-refractivity contribution in [2.24, 2.45) is 11.3 Å². The van der Waals surface area contributed by atoms with Gasteiger partial charge in [0.25, 0.3) is 5.91 Å². The smallest absolute Gasteiger partial charge is 0.405 e. The van der Waals surface area contributed by atoms with Gasteiger partial charge in [0.1, 0.15) is 41.2 Å². The third-order valence-corrected chi connectivity index (χ3v) is 13.6. The summed E-state index contributed by atoms with van der Waals surface area (Å²) < 4.78 is 39.2. The largest absolute Gasteiger partial charge is 0.497 e. The molecule has 1 saturated heterocycles. The van der Waals surface area contributed by atoms with Crippen LogP contribution in [-0.4, -0.2) is 106 Å². The average Bonchev–Trinajstić information content (AvgIpc) is 4.02. The number of sulfonamides is 1. The first-order chi connectivity index (χ1) is 26.8. The fourth-order valence-corrected chi connectivity index (χ4v) is 8.82. The van der Waals surface area contributed by atoms with Gasteiger partial charge in [-0.25, -0.2) is 23.2 Å². The fraction of sp³-hybridized carbons (Fsp3) is 0.615. The van der Waals surface area contributed by atoms with Crippen molar-refractivity contribution in [3.8, 4) is 11.6 Å². The molecular weight excluding hydrogens is 759 g/mol. The van der Waals surface area contributed by atoms with Crippen LogP contribution in [0.3, 0.4) is 0 Å². The molecule has 1 aromatic heterocycles. The third kappa shape index (κ3) is 8.95. The Morgan fingerprint density at radius 1 is 1.09 bits per heavy atom. The Labute approximate surface area is 332 Å². The van der Waals surface area contributed by atoms with Crippen LogP contribution >= 0.6 is 0 Å². The molecule has 5 N–H and O–H groups in total. The van der Waals surface area contributed by atoms with Gasteiger partial charge in [0.15, 0.2) is 0 Å². The van der Waals surface area contributed by atoms with Gasteiger partial charge in [-0.15, -0.1) is 0 Å². The molecular formula is C39H53N7O10S. The lowest BCUT2D eigenvalue weighted by Gasteiger charge is -2.33. The number of amides is 5. The number of aromatic nitrogens is 2. The van der Waals surface area contributed by atoms with Gasteiger partial charge >= 0.3 is 6.09 Å². The molecule has 2 aromatic rings. The molecule has 57 heavy (non-hydrogen) atoms. The Hall–Kier alpha value is -5.00. The Balaban J connectivity index is 1.33. The summed E-state index contributed by atoms with van der Waals surface area (Å²) in [6, 6.07) is 1.68. The highest BCUT2D eigenvalue weighted by Gasteiger charge is 2.63. The maximum atomic E-state index is 14.7. The predicted octanol–water partition coefficient (Wildman–Crippen LogP) is 2.86. The second-order valence-corrected chi connectivity index (χ2v) is 19.2. The van der Waals surface area contributed by atoms with Crippen LogP contribution in [0.5, 0.6) is 11.6 Å². The van der Waals surface area contributed by atoms with E-state index in [0.717, 1.165) is 6.42 Å².